The first-order valence-electron chi connectivity index (χ1n) is 13.8. The number of nitrogens with zero attached hydrogens (tertiary/aromatic N) is 5. The molecule has 0 aliphatic heterocycles. The molecule has 1 amide bonds. The third kappa shape index (κ3) is 5.46. The van der Waals surface area contributed by atoms with E-state index >= 15 is 0 Å². The van der Waals surface area contributed by atoms with Gasteiger partial charge < -0.3 is 4.90 Å². The maximum Gasteiger partial charge on any atom is 0.227 e. The van der Waals surface area contributed by atoms with Gasteiger partial charge in [-0.15, -0.1) is 0 Å². The van der Waals surface area contributed by atoms with E-state index in [1.807, 2.05) is 47.1 Å². The standard InChI is InChI=1S/C33H33N5O/c1-24-8-6-12-28(22-24)32-35-33(26-16-18-34-19-17-26)38(36-32)21-20-37(29-13-3-4-14-29)31(39)23-27-11-7-10-25-9-2-5-15-30(25)27/h2,5-12,15-19,22,29H,3-4,13-14,20-21,23H2,1H3. The molecule has 0 unspecified atom stereocenters. The quantitative estimate of drug-likeness (QED) is 0.237. The molecular formula is C33H33N5O. The summed E-state index contributed by atoms with van der Waals surface area (Å²) in [7, 11) is 0. The summed E-state index contributed by atoms with van der Waals surface area (Å²) in [5.74, 6) is 1.67. The highest BCUT2D eigenvalue weighted by Crippen LogP contribution is 2.27. The van der Waals surface area contributed by atoms with Crippen LogP contribution in [0.3, 0.4) is 0 Å². The number of fused-ring (bicyclic) bond motifs is 1. The molecule has 6 heteroatoms. The molecule has 39 heavy (non-hydrogen) atoms. The predicted octanol–water partition coefficient (Wildman–Crippen LogP) is 6.48. The zero-order valence-electron chi connectivity index (χ0n) is 22.3. The number of hydrogen-bond donors (Lipinski definition) is 0. The number of amides is 1. The third-order valence-corrected chi connectivity index (χ3v) is 7.75. The highest BCUT2D eigenvalue weighted by atomic mass is 16.2. The van der Waals surface area contributed by atoms with Crippen molar-refractivity contribution in [3.05, 3.63) is 102 Å². The van der Waals surface area contributed by atoms with Crippen LogP contribution in [0.15, 0.2) is 91.3 Å². The Hall–Kier alpha value is -4.32. The van der Waals surface area contributed by atoms with Crippen LogP contribution >= 0.6 is 0 Å². The van der Waals surface area contributed by atoms with Gasteiger partial charge in [0.2, 0.25) is 5.91 Å². The number of pyridine rings is 1. The first-order chi connectivity index (χ1) is 19.2. The molecule has 0 saturated heterocycles. The van der Waals surface area contributed by atoms with Crippen molar-refractivity contribution >= 4 is 16.7 Å². The Morgan fingerprint density at radius 1 is 0.923 bits per heavy atom. The maximum absolute atomic E-state index is 13.9. The largest absolute Gasteiger partial charge is 0.338 e. The topological polar surface area (TPSA) is 63.9 Å². The molecule has 0 N–H and O–H groups in total. The second kappa shape index (κ2) is 11.2. The van der Waals surface area contributed by atoms with Crippen molar-refractivity contribution in [2.45, 2.75) is 51.6 Å². The van der Waals surface area contributed by atoms with Gasteiger partial charge in [0.1, 0.15) is 0 Å². The second-order valence-electron chi connectivity index (χ2n) is 10.4. The Labute approximate surface area is 229 Å². The number of aromatic nitrogens is 4. The van der Waals surface area contributed by atoms with Crippen molar-refractivity contribution in [1.82, 2.24) is 24.6 Å². The van der Waals surface area contributed by atoms with Gasteiger partial charge in [0.05, 0.1) is 13.0 Å². The number of hydrogen-bond acceptors (Lipinski definition) is 4. The Balaban J connectivity index is 1.29. The van der Waals surface area contributed by atoms with Crippen molar-refractivity contribution in [2.24, 2.45) is 0 Å². The summed E-state index contributed by atoms with van der Waals surface area (Å²) in [5.41, 5.74) is 4.21. The molecular weight excluding hydrogens is 482 g/mol. The van der Waals surface area contributed by atoms with Crippen molar-refractivity contribution in [2.75, 3.05) is 6.54 Å². The van der Waals surface area contributed by atoms with Gasteiger partial charge in [-0.05, 0) is 54.3 Å². The molecule has 1 aliphatic carbocycles. The summed E-state index contributed by atoms with van der Waals surface area (Å²) in [6, 6.07) is 27.0. The first-order valence-corrected chi connectivity index (χ1v) is 13.8. The van der Waals surface area contributed by atoms with E-state index in [1.54, 1.807) is 12.4 Å². The van der Waals surface area contributed by atoms with Crippen LogP contribution in [-0.4, -0.2) is 43.1 Å². The van der Waals surface area contributed by atoms with Crippen LogP contribution in [0, 0.1) is 6.92 Å². The summed E-state index contributed by atoms with van der Waals surface area (Å²) in [4.78, 5) is 25.1. The van der Waals surface area contributed by atoms with E-state index in [1.165, 1.54) is 23.8 Å². The molecule has 0 radical (unpaired) electrons. The Kier molecular flexibility index (Phi) is 7.17. The normalized spacial score (nSPS) is 13.7. The SMILES string of the molecule is Cc1cccc(-c2nc(-c3ccncc3)n(CCN(C(=O)Cc3cccc4ccccc34)C3CCCC3)n2)c1. The van der Waals surface area contributed by atoms with Gasteiger partial charge in [-0.1, -0.05) is 79.1 Å². The zero-order chi connectivity index (χ0) is 26.6. The van der Waals surface area contributed by atoms with Gasteiger partial charge in [-0.3, -0.25) is 9.78 Å². The molecule has 2 heterocycles. The minimum Gasteiger partial charge on any atom is -0.338 e. The van der Waals surface area contributed by atoms with Crippen molar-refractivity contribution in [3.63, 3.8) is 0 Å². The van der Waals surface area contributed by atoms with Crippen LogP contribution < -0.4 is 0 Å². The van der Waals surface area contributed by atoms with E-state index in [-0.39, 0.29) is 11.9 Å². The van der Waals surface area contributed by atoms with Crippen molar-refractivity contribution < 1.29 is 4.79 Å². The monoisotopic (exact) mass is 515 g/mol. The molecule has 1 saturated carbocycles. The lowest BCUT2D eigenvalue weighted by Gasteiger charge is -2.29. The van der Waals surface area contributed by atoms with E-state index in [0.29, 0.717) is 25.3 Å². The fourth-order valence-electron chi connectivity index (χ4n) is 5.76. The summed E-state index contributed by atoms with van der Waals surface area (Å²) in [6.45, 7) is 3.25. The second-order valence-corrected chi connectivity index (χ2v) is 10.4. The van der Waals surface area contributed by atoms with Gasteiger partial charge in [-0.25, -0.2) is 9.67 Å². The zero-order valence-corrected chi connectivity index (χ0v) is 22.3. The minimum atomic E-state index is 0.183. The molecule has 2 aromatic heterocycles. The van der Waals surface area contributed by atoms with Crippen LogP contribution in [0.2, 0.25) is 0 Å². The van der Waals surface area contributed by atoms with Crippen LogP contribution in [0.25, 0.3) is 33.5 Å². The fraction of sp³-hybridized carbons (Fsp3) is 0.273. The molecule has 6 nitrogen and oxygen atoms in total. The van der Waals surface area contributed by atoms with E-state index in [4.69, 9.17) is 10.1 Å². The number of benzene rings is 3. The minimum absolute atomic E-state index is 0.183. The number of rotatable bonds is 8. The number of carbonyl (C=O) groups is 1. The number of carbonyl (C=O) groups excluding carboxylic acids is 1. The molecule has 6 rings (SSSR count). The molecule has 3 aromatic carbocycles. The lowest BCUT2D eigenvalue weighted by atomic mass is 10.0. The highest BCUT2D eigenvalue weighted by molar-refractivity contribution is 5.90. The summed E-state index contributed by atoms with van der Waals surface area (Å²) < 4.78 is 1.96. The predicted molar refractivity (Wildman–Crippen MR) is 155 cm³/mol. The Morgan fingerprint density at radius 3 is 2.51 bits per heavy atom. The molecule has 5 aromatic rings. The molecule has 1 fully saturated rings. The van der Waals surface area contributed by atoms with Crippen molar-refractivity contribution in [3.8, 4) is 22.8 Å². The van der Waals surface area contributed by atoms with Crippen LogP contribution in [0.5, 0.6) is 0 Å². The average molecular weight is 516 g/mol. The Bertz CT molecular complexity index is 1580. The number of aryl methyl sites for hydroxylation is 1. The smallest absolute Gasteiger partial charge is 0.227 e. The van der Waals surface area contributed by atoms with Crippen LogP contribution in [-0.2, 0) is 17.8 Å². The maximum atomic E-state index is 13.9. The van der Waals surface area contributed by atoms with E-state index in [2.05, 4.69) is 53.2 Å². The molecule has 0 atom stereocenters. The van der Waals surface area contributed by atoms with Gasteiger partial charge >= 0.3 is 0 Å². The lowest BCUT2D eigenvalue weighted by molar-refractivity contribution is -0.132. The molecule has 196 valence electrons. The van der Waals surface area contributed by atoms with Gasteiger partial charge in [-0.2, -0.15) is 5.10 Å². The van der Waals surface area contributed by atoms with E-state index in [9.17, 15) is 4.79 Å². The summed E-state index contributed by atoms with van der Waals surface area (Å²) >= 11 is 0. The van der Waals surface area contributed by atoms with Gasteiger partial charge in [0.15, 0.2) is 11.6 Å². The lowest BCUT2D eigenvalue weighted by Crippen LogP contribution is -2.42. The van der Waals surface area contributed by atoms with Gasteiger partial charge in [0, 0.05) is 36.1 Å². The van der Waals surface area contributed by atoms with Crippen LogP contribution in [0.1, 0.15) is 36.8 Å². The Morgan fingerprint density at radius 2 is 1.69 bits per heavy atom. The van der Waals surface area contributed by atoms with E-state index in [0.717, 1.165) is 40.7 Å². The average Bonchev–Trinajstić information content (AvgIpc) is 3.65. The fourth-order valence-corrected chi connectivity index (χ4v) is 5.76. The van der Waals surface area contributed by atoms with Crippen LogP contribution in [0.4, 0.5) is 0 Å². The summed E-state index contributed by atoms with van der Waals surface area (Å²) in [6.07, 6.45) is 8.42. The molecule has 1 aliphatic rings. The first kappa shape index (κ1) is 25.0. The van der Waals surface area contributed by atoms with Crippen molar-refractivity contribution in [1.29, 1.82) is 0 Å². The van der Waals surface area contributed by atoms with E-state index < -0.39 is 0 Å². The summed E-state index contributed by atoms with van der Waals surface area (Å²) in [5, 5.41) is 7.25. The third-order valence-electron chi connectivity index (χ3n) is 7.75. The molecule has 0 spiro atoms. The van der Waals surface area contributed by atoms with Gasteiger partial charge in [0.25, 0.3) is 0 Å². The molecule has 0 bridgehead atoms. The highest BCUT2D eigenvalue weighted by Gasteiger charge is 2.27.